The van der Waals surface area contributed by atoms with Crippen molar-refractivity contribution in [2.75, 3.05) is 39.3 Å². The van der Waals surface area contributed by atoms with E-state index in [4.69, 9.17) is 9.72 Å². The number of H-pyrrole nitrogens is 1. The van der Waals surface area contributed by atoms with E-state index >= 15 is 0 Å². The number of nitrogens with one attached hydrogen (secondary N) is 1. The highest BCUT2D eigenvalue weighted by Crippen LogP contribution is 2.28. The molecule has 0 spiro atoms. The van der Waals surface area contributed by atoms with Crippen LogP contribution >= 0.6 is 0 Å². The molecule has 2 aromatic carbocycles. The predicted molar refractivity (Wildman–Crippen MR) is 121 cm³/mol. The minimum Gasteiger partial charge on any atom is -0.376 e. The molecule has 1 unspecified atom stereocenters. The number of nitrogens with zero attached hydrogens (tertiary/aromatic N) is 3. The number of hydrogen-bond acceptors (Lipinski definition) is 4. The van der Waals surface area contributed by atoms with Crippen molar-refractivity contribution in [2.45, 2.75) is 37.8 Å². The molecule has 0 aliphatic carbocycles. The molecule has 5 rings (SSSR count). The van der Waals surface area contributed by atoms with Crippen LogP contribution in [-0.4, -0.2) is 65.2 Å². The molecule has 3 aromatic rings. The number of imidazole rings is 1. The minimum absolute atomic E-state index is 0.305. The Hall–Kier alpha value is -2.21. The lowest BCUT2D eigenvalue weighted by molar-refractivity contribution is 0.0201. The van der Waals surface area contributed by atoms with Crippen molar-refractivity contribution < 1.29 is 4.74 Å². The SMILES string of the molecule is c1ccc(CN2CCCOC(CN3CCC(c4nc5ccccc5[nH]4)CC3)C2)cc1. The highest BCUT2D eigenvalue weighted by molar-refractivity contribution is 5.74. The van der Waals surface area contributed by atoms with Crippen LogP contribution in [0.25, 0.3) is 11.0 Å². The zero-order valence-corrected chi connectivity index (χ0v) is 17.7. The average Bonchev–Trinajstić information content (AvgIpc) is 3.10. The fraction of sp³-hybridized carbons (Fsp3) is 0.480. The van der Waals surface area contributed by atoms with Gasteiger partial charge in [-0.15, -0.1) is 0 Å². The summed E-state index contributed by atoms with van der Waals surface area (Å²) < 4.78 is 6.22. The molecule has 1 atom stereocenters. The van der Waals surface area contributed by atoms with E-state index in [9.17, 15) is 0 Å². The van der Waals surface area contributed by atoms with Gasteiger partial charge in [-0.2, -0.15) is 0 Å². The van der Waals surface area contributed by atoms with Gasteiger partial charge in [0.05, 0.1) is 17.1 Å². The molecule has 0 radical (unpaired) electrons. The van der Waals surface area contributed by atoms with Gasteiger partial charge in [0.15, 0.2) is 0 Å². The van der Waals surface area contributed by atoms with E-state index in [1.807, 2.05) is 0 Å². The second kappa shape index (κ2) is 9.29. The number of para-hydroxylation sites is 2. The molecule has 2 aliphatic heterocycles. The van der Waals surface area contributed by atoms with Crippen LogP contribution in [0.15, 0.2) is 54.6 Å². The minimum atomic E-state index is 0.305. The molecule has 2 saturated heterocycles. The maximum absolute atomic E-state index is 6.22. The molecule has 5 heteroatoms. The number of aromatic nitrogens is 2. The third-order valence-electron chi connectivity index (χ3n) is 6.53. The van der Waals surface area contributed by atoms with Crippen molar-refractivity contribution in [3.8, 4) is 0 Å². The lowest BCUT2D eigenvalue weighted by Gasteiger charge is -2.34. The van der Waals surface area contributed by atoms with Gasteiger partial charge in [-0.1, -0.05) is 42.5 Å². The molecular formula is C25H32N4O. The summed E-state index contributed by atoms with van der Waals surface area (Å²) in [5.74, 6) is 1.70. The van der Waals surface area contributed by atoms with Crippen LogP contribution in [0.1, 0.15) is 36.6 Å². The maximum atomic E-state index is 6.22. The van der Waals surface area contributed by atoms with E-state index < -0.39 is 0 Å². The van der Waals surface area contributed by atoms with Gasteiger partial charge in [-0.3, -0.25) is 4.90 Å². The smallest absolute Gasteiger partial charge is 0.110 e. The topological polar surface area (TPSA) is 44.4 Å². The molecule has 5 nitrogen and oxygen atoms in total. The van der Waals surface area contributed by atoms with Crippen LogP contribution in [-0.2, 0) is 11.3 Å². The Morgan fingerprint density at radius 3 is 2.57 bits per heavy atom. The van der Waals surface area contributed by atoms with Crippen molar-refractivity contribution in [1.82, 2.24) is 19.8 Å². The van der Waals surface area contributed by atoms with Gasteiger partial charge in [-0.25, -0.2) is 4.98 Å². The molecule has 1 aromatic heterocycles. The van der Waals surface area contributed by atoms with Gasteiger partial charge in [0.25, 0.3) is 0 Å². The molecule has 30 heavy (non-hydrogen) atoms. The standard InChI is InChI=1S/C25H32N4O/c1-2-7-20(8-3-1)17-29-13-6-16-30-22(19-29)18-28-14-11-21(12-15-28)25-26-23-9-4-5-10-24(23)27-25/h1-5,7-10,21-22H,6,11-19H2,(H,26,27). The van der Waals surface area contributed by atoms with Crippen molar-refractivity contribution in [3.63, 3.8) is 0 Å². The Morgan fingerprint density at radius 1 is 0.933 bits per heavy atom. The fourth-order valence-electron chi connectivity index (χ4n) is 4.91. The van der Waals surface area contributed by atoms with E-state index in [1.54, 1.807) is 0 Å². The number of aromatic amines is 1. The lowest BCUT2D eigenvalue weighted by Crippen LogP contribution is -2.43. The van der Waals surface area contributed by atoms with E-state index in [0.717, 1.165) is 69.2 Å². The Morgan fingerprint density at radius 2 is 1.73 bits per heavy atom. The second-order valence-electron chi connectivity index (χ2n) is 8.78. The number of hydrogen-bond donors (Lipinski definition) is 1. The van der Waals surface area contributed by atoms with Crippen molar-refractivity contribution in [2.24, 2.45) is 0 Å². The summed E-state index contributed by atoms with van der Waals surface area (Å²) in [7, 11) is 0. The number of likely N-dealkylation sites (tertiary alicyclic amines) is 1. The largest absolute Gasteiger partial charge is 0.376 e. The molecule has 0 saturated carbocycles. The summed E-state index contributed by atoms with van der Waals surface area (Å²) in [5.41, 5.74) is 3.63. The van der Waals surface area contributed by atoms with Crippen molar-refractivity contribution >= 4 is 11.0 Å². The molecule has 158 valence electrons. The van der Waals surface area contributed by atoms with Gasteiger partial charge in [0.1, 0.15) is 5.82 Å². The summed E-state index contributed by atoms with van der Waals surface area (Å²) in [4.78, 5) is 13.5. The molecule has 2 aliphatic rings. The third-order valence-corrected chi connectivity index (χ3v) is 6.53. The van der Waals surface area contributed by atoms with Crippen LogP contribution in [0.4, 0.5) is 0 Å². The number of rotatable bonds is 5. The lowest BCUT2D eigenvalue weighted by atomic mass is 9.96. The van der Waals surface area contributed by atoms with Crippen molar-refractivity contribution in [1.29, 1.82) is 0 Å². The first kappa shape index (κ1) is 19.7. The molecule has 3 heterocycles. The first-order chi connectivity index (χ1) is 14.8. The van der Waals surface area contributed by atoms with Crippen molar-refractivity contribution in [3.05, 3.63) is 66.0 Å². The second-order valence-corrected chi connectivity index (χ2v) is 8.78. The molecule has 0 amide bonds. The zero-order chi connectivity index (χ0) is 20.2. The van der Waals surface area contributed by atoms with Gasteiger partial charge >= 0.3 is 0 Å². The van der Waals surface area contributed by atoms with E-state index in [-0.39, 0.29) is 0 Å². The fourth-order valence-corrected chi connectivity index (χ4v) is 4.91. The summed E-state index contributed by atoms with van der Waals surface area (Å²) in [6, 6.07) is 19.1. The van der Waals surface area contributed by atoms with Crippen LogP contribution < -0.4 is 0 Å². The summed E-state index contributed by atoms with van der Waals surface area (Å²) in [6.45, 7) is 7.34. The Labute approximate surface area is 179 Å². The highest BCUT2D eigenvalue weighted by Gasteiger charge is 2.26. The van der Waals surface area contributed by atoms with Crippen LogP contribution in [0.5, 0.6) is 0 Å². The van der Waals surface area contributed by atoms with Gasteiger partial charge in [0, 0.05) is 38.7 Å². The number of piperidine rings is 1. The number of ether oxygens (including phenoxy) is 1. The van der Waals surface area contributed by atoms with Gasteiger partial charge in [-0.05, 0) is 50.0 Å². The van der Waals surface area contributed by atoms with E-state index in [2.05, 4.69) is 69.4 Å². The molecule has 1 N–H and O–H groups in total. The first-order valence-corrected chi connectivity index (χ1v) is 11.4. The van der Waals surface area contributed by atoms with Gasteiger partial charge in [0.2, 0.25) is 0 Å². The highest BCUT2D eigenvalue weighted by atomic mass is 16.5. The molecule has 2 fully saturated rings. The van der Waals surface area contributed by atoms with E-state index in [0.29, 0.717) is 12.0 Å². The Bertz CT molecular complexity index is 899. The van der Waals surface area contributed by atoms with Gasteiger partial charge < -0.3 is 14.6 Å². The predicted octanol–water partition coefficient (Wildman–Crippen LogP) is 4.03. The number of benzene rings is 2. The first-order valence-electron chi connectivity index (χ1n) is 11.4. The third kappa shape index (κ3) is 4.75. The maximum Gasteiger partial charge on any atom is 0.110 e. The zero-order valence-electron chi connectivity index (χ0n) is 17.7. The monoisotopic (exact) mass is 404 g/mol. The Balaban J connectivity index is 1.14. The Kier molecular flexibility index (Phi) is 6.11. The quantitative estimate of drug-likeness (QED) is 0.697. The average molecular weight is 405 g/mol. The normalized spacial score (nSPS) is 22.3. The van der Waals surface area contributed by atoms with Crippen LogP contribution in [0, 0.1) is 0 Å². The summed E-state index contributed by atoms with van der Waals surface area (Å²) in [5, 5.41) is 0. The van der Waals surface area contributed by atoms with Crippen LogP contribution in [0.3, 0.4) is 0 Å². The summed E-state index contributed by atoms with van der Waals surface area (Å²) in [6.07, 6.45) is 3.76. The van der Waals surface area contributed by atoms with E-state index in [1.165, 1.54) is 18.4 Å². The number of fused-ring (bicyclic) bond motifs is 1. The molecule has 0 bridgehead atoms. The van der Waals surface area contributed by atoms with Crippen LogP contribution in [0.2, 0.25) is 0 Å². The molecular weight excluding hydrogens is 372 g/mol. The summed E-state index contributed by atoms with van der Waals surface area (Å²) >= 11 is 0.